The lowest BCUT2D eigenvalue weighted by Gasteiger charge is -2.31. The van der Waals surface area contributed by atoms with Crippen LogP contribution < -0.4 is 5.73 Å². The van der Waals surface area contributed by atoms with Gasteiger partial charge < -0.3 is 14.8 Å². The molecule has 0 heterocycles. The third kappa shape index (κ3) is 6.55. The first-order valence-electron chi connectivity index (χ1n) is 4.68. The largest absolute Gasteiger partial charge is 0.345 e. The maximum absolute atomic E-state index is 12.0. The van der Waals surface area contributed by atoms with Gasteiger partial charge in [-0.2, -0.15) is 0 Å². The van der Waals surface area contributed by atoms with Crippen LogP contribution in [0.2, 0.25) is 0 Å². The van der Waals surface area contributed by atoms with Gasteiger partial charge >= 0.3 is 7.60 Å². The Morgan fingerprint density at radius 3 is 1.43 bits per heavy atom. The lowest BCUT2D eigenvalue weighted by Crippen LogP contribution is -2.26. The summed E-state index contributed by atoms with van der Waals surface area (Å²) in [4.78, 5) is 0. The molecule has 0 aromatic rings. The minimum atomic E-state index is -3.17. The van der Waals surface area contributed by atoms with Crippen LogP contribution in [-0.4, -0.2) is 17.5 Å². The first kappa shape index (κ1) is 14.1. The quantitative estimate of drug-likeness (QED) is 0.747. The van der Waals surface area contributed by atoms with Gasteiger partial charge in [-0.1, -0.05) is 0 Å². The van der Waals surface area contributed by atoms with Gasteiger partial charge in [-0.05, 0) is 41.5 Å². The number of rotatable bonds is 3. The Balaban J connectivity index is 4.59. The first-order chi connectivity index (χ1) is 5.97. The summed E-state index contributed by atoms with van der Waals surface area (Å²) in [5, 5.41) is 0. The van der Waals surface area contributed by atoms with Crippen LogP contribution >= 0.6 is 7.60 Å². The SMILES string of the molecule is CC(C)(C)OP(=O)(CN)OC(C)(C)C. The molecule has 0 saturated heterocycles. The van der Waals surface area contributed by atoms with E-state index in [9.17, 15) is 4.57 Å². The molecule has 14 heavy (non-hydrogen) atoms. The van der Waals surface area contributed by atoms with Crippen molar-refractivity contribution in [3.8, 4) is 0 Å². The molecule has 86 valence electrons. The molecule has 0 unspecified atom stereocenters. The van der Waals surface area contributed by atoms with E-state index in [4.69, 9.17) is 14.8 Å². The highest BCUT2D eigenvalue weighted by atomic mass is 31.2. The summed E-state index contributed by atoms with van der Waals surface area (Å²) < 4.78 is 22.8. The van der Waals surface area contributed by atoms with Crippen LogP contribution in [0.1, 0.15) is 41.5 Å². The molecule has 0 spiro atoms. The second-order valence-corrected chi connectivity index (χ2v) is 7.15. The second kappa shape index (κ2) is 4.31. The fourth-order valence-corrected chi connectivity index (χ4v) is 2.78. The van der Waals surface area contributed by atoms with Crippen molar-refractivity contribution in [1.29, 1.82) is 0 Å². The van der Waals surface area contributed by atoms with Crippen molar-refractivity contribution in [2.45, 2.75) is 52.7 Å². The summed E-state index contributed by atoms with van der Waals surface area (Å²) in [6, 6.07) is 0. The minimum Gasteiger partial charge on any atom is -0.320 e. The average molecular weight is 223 g/mol. The predicted molar refractivity (Wildman–Crippen MR) is 58.3 cm³/mol. The Kier molecular flexibility index (Phi) is 4.35. The molecule has 0 radical (unpaired) electrons. The Morgan fingerprint density at radius 2 is 1.29 bits per heavy atom. The Bertz CT molecular complexity index is 207. The molecule has 0 atom stereocenters. The van der Waals surface area contributed by atoms with Gasteiger partial charge in [-0.3, -0.25) is 4.57 Å². The highest BCUT2D eigenvalue weighted by molar-refractivity contribution is 7.53. The average Bonchev–Trinajstić information content (AvgIpc) is 1.78. The van der Waals surface area contributed by atoms with Crippen molar-refractivity contribution in [2.75, 3.05) is 6.29 Å². The summed E-state index contributed by atoms with van der Waals surface area (Å²) in [6.45, 7) is 10.9. The number of hydrogen-bond acceptors (Lipinski definition) is 4. The molecule has 0 aromatic carbocycles. The molecule has 5 heteroatoms. The van der Waals surface area contributed by atoms with Gasteiger partial charge in [0.2, 0.25) is 0 Å². The van der Waals surface area contributed by atoms with E-state index < -0.39 is 18.8 Å². The normalized spacial score (nSPS) is 14.5. The molecule has 0 amide bonds. The molecule has 0 aromatic heterocycles. The fraction of sp³-hybridized carbons (Fsp3) is 1.00. The maximum Gasteiger partial charge on any atom is 0.345 e. The summed E-state index contributed by atoms with van der Waals surface area (Å²) in [6.07, 6.45) is -0.0957. The number of nitrogens with two attached hydrogens (primary N) is 1. The van der Waals surface area contributed by atoms with Crippen molar-refractivity contribution in [2.24, 2.45) is 5.73 Å². The van der Waals surface area contributed by atoms with E-state index in [0.29, 0.717) is 0 Å². The molecule has 0 aliphatic carbocycles. The molecule has 4 nitrogen and oxygen atoms in total. The van der Waals surface area contributed by atoms with Gasteiger partial charge in [0.15, 0.2) is 0 Å². The minimum absolute atomic E-state index is 0.0957. The molecule has 0 bridgehead atoms. The summed E-state index contributed by atoms with van der Waals surface area (Å²) in [5.74, 6) is 0. The predicted octanol–water partition coefficient (Wildman–Crippen LogP) is 2.73. The van der Waals surface area contributed by atoms with Crippen LogP contribution in [0.25, 0.3) is 0 Å². The van der Waals surface area contributed by atoms with E-state index in [0.717, 1.165) is 0 Å². The van der Waals surface area contributed by atoms with Crippen molar-refractivity contribution in [1.82, 2.24) is 0 Å². The van der Waals surface area contributed by atoms with Crippen molar-refractivity contribution >= 4 is 7.60 Å². The molecular formula is C9H22NO3P. The van der Waals surface area contributed by atoms with Crippen molar-refractivity contribution in [3.05, 3.63) is 0 Å². The molecule has 0 fully saturated rings. The van der Waals surface area contributed by atoms with Crippen LogP contribution in [0.15, 0.2) is 0 Å². The maximum atomic E-state index is 12.0. The van der Waals surface area contributed by atoms with Crippen LogP contribution in [0.4, 0.5) is 0 Å². The highest BCUT2D eigenvalue weighted by Gasteiger charge is 2.33. The van der Waals surface area contributed by atoms with Crippen LogP contribution in [0.5, 0.6) is 0 Å². The van der Waals surface area contributed by atoms with E-state index in [2.05, 4.69) is 0 Å². The summed E-state index contributed by atoms with van der Waals surface area (Å²) in [5.41, 5.74) is 4.38. The van der Waals surface area contributed by atoms with Crippen molar-refractivity contribution < 1.29 is 13.6 Å². The summed E-state index contributed by atoms with van der Waals surface area (Å²) >= 11 is 0. The second-order valence-electron chi connectivity index (χ2n) is 5.20. The molecular weight excluding hydrogens is 201 g/mol. The summed E-state index contributed by atoms with van der Waals surface area (Å²) in [7, 11) is -3.17. The van der Waals surface area contributed by atoms with E-state index in [1.54, 1.807) is 0 Å². The molecule has 0 saturated carbocycles. The van der Waals surface area contributed by atoms with Gasteiger partial charge in [0.25, 0.3) is 0 Å². The van der Waals surface area contributed by atoms with Crippen LogP contribution in [0.3, 0.4) is 0 Å². The van der Waals surface area contributed by atoms with Gasteiger partial charge in [-0.25, -0.2) is 0 Å². The van der Waals surface area contributed by atoms with Crippen molar-refractivity contribution in [3.63, 3.8) is 0 Å². The number of hydrogen-bond donors (Lipinski definition) is 1. The molecule has 0 rings (SSSR count). The molecule has 2 N–H and O–H groups in total. The zero-order valence-corrected chi connectivity index (χ0v) is 10.9. The van der Waals surface area contributed by atoms with Crippen LogP contribution in [0, 0.1) is 0 Å². The first-order valence-corrected chi connectivity index (χ1v) is 6.41. The highest BCUT2D eigenvalue weighted by Crippen LogP contribution is 2.52. The smallest absolute Gasteiger partial charge is 0.320 e. The lowest BCUT2D eigenvalue weighted by atomic mass is 10.2. The monoisotopic (exact) mass is 223 g/mol. The zero-order chi connectivity index (χ0) is 11.6. The third-order valence-electron chi connectivity index (χ3n) is 1.05. The molecule has 0 aliphatic heterocycles. The Labute approximate surface area is 86.7 Å². The fourth-order valence-electron chi connectivity index (χ4n) is 0.928. The topological polar surface area (TPSA) is 61.5 Å². The van der Waals surface area contributed by atoms with E-state index in [1.807, 2.05) is 41.5 Å². The third-order valence-corrected chi connectivity index (χ3v) is 3.15. The standard InChI is InChI=1S/C9H22NO3P/c1-8(2,3)12-14(11,7-10)13-9(4,5)6/h7,10H2,1-6H3. The van der Waals surface area contributed by atoms with Gasteiger partial charge in [0.05, 0.1) is 17.5 Å². The van der Waals surface area contributed by atoms with Gasteiger partial charge in [-0.15, -0.1) is 0 Å². The molecule has 0 aliphatic rings. The Hall–Kier alpha value is 0.110. The van der Waals surface area contributed by atoms with Crippen LogP contribution in [-0.2, 0) is 13.6 Å². The Morgan fingerprint density at radius 1 is 1.00 bits per heavy atom. The van der Waals surface area contributed by atoms with Gasteiger partial charge in [0, 0.05) is 0 Å². The van der Waals surface area contributed by atoms with E-state index >= 15 is 0 Å². The van der Waals surface area contributed by atoms with Gasteiger partial charge in [0.1, 0.15) is 0 Å². The van der Waals surface area contributed by atoms with E-state index in [-0.39, 0.29) is 6.29 Å². The van der Waals surface area contributed by atoms with E-state index in [1.165, 1.54) is 0 Å². The lowest BCUT2D eigenvalue weighted by molar-refractivity contribution is 0.0495. The zero-order valence-electron chi connectivity index (χ0n) is 9.96.